The predicted molar refractivity (Wildman–Crippen MR) is 90.2 cm³/mol. The van der Waals surface area contributed by atoms with E-state index in [0.29, 0.717) is 18.9 Å². The first-order valence-electron chi connectivity index (χ1n) is 8.98. The first-order chi connectivity index (χ1) is 11.7. The van der Waals surface area contributed by atoms with Gasteiger partial charge in [0.1, 0.15) is 6.54 Å². The minimum atomic E-state index is 0.161. The van der Waals surface area contributed by atoms with Gasteiger partial charge >= 0.3 is 0 Å². The summed E-state index contributed by atoms with van der Waals surface area (Å²) >= 11 is 0. The van der Waals surface area contributed by atoms with Gasteiger partial charge in [-0.15, -0.1) is 0 Å². The molecule has 0 saturated carbocycles. The number of piperidine rings is 2. The van der Waals surface area contributed by atoms with Crippen LogP contribution in [0.5, 0.6) is 0 Å². The number of rotatable bonds is 6. The van der Waals surface area contributed by atoms with Gasteiger partial charge < -0.3 is 19.5 Å². The highest BCUT2D eigenvalue weighted by Crippen LogP contribution is 2.31. The summed E-state index contributed by atoms with van der Waals surface area (Å²) in [4.78, 5) is 28.7. The van der Waals surface area contributed by atoms with Crippen molar-refractivity contribution < 1.29 is 14.7 Å². The molecule has 0 aromatic carbocycles. The SMILES string of the molecule is O=C(Cn1cccc1)N1CC[C@@H]2[C@@H](CCC(=O)N2CCCCO)C1. The van der Waals surface area contributed by atoms with E-state index in [9.17, 15) is 9.59 Å². The molecule has 1 N–H and O–H groups in total. The van der Waals surface area contributed by atoms with E-state index >= 15 is 0 Å². The van der Waals surface area contributed by atoms with E-state index in [1.165, 1.54) is 0 Å². The minimum Gasteiger partial charge on any atom is -0.396 e. The minimum absolute atomic E-state index is 0.161. The largest absolute Gasteiger partial charge is 0.396 e. The maximum absolute atomic E-state index is 12.5. The van der Waals surface area contributed by atoms with Gasteiger partial charge in [0.05, 0.1) is 0 Å². The first kappa shape index (κ1) is 17.0. The summed E-state index contributed by atoms with van der Waals surface area (Å²) in [5.74, 6) is 0.786. The van der Waals surface area contributed by atoms with Gasteiger partial charge in [-0.3, -0.25) is 9.59 Å². The van der Waals surface area contributed by atoms with Crippen LogP contribution in [0.1, 0.15) is 32.1 Å². The quantitative estimate of drug-likeness (QED) is 0.793. The molecule has 0 radical (unpaired) electrons. The average molecular weight is 333 g/mol. The van der Waals surface area contributed by atoms with Gasteiger partial charge in [0.25, 0.3) is 0 Å². The van der Waals surface area contributed by atoms with Crippen LogP contribution in [0.25, 0.3) is 0 Å². The molecule has 2 aliphatic rings. The van der Waals surface area contributed by atoms with Gasteiger partial charge in [-0.25, -0.2) is 0 Å². The summed E-state index contributed by atoms with van der Waals surface area (Å²) in [6, 6.07) is 4.12. The molecular weight excluding hydrogens is 306 g/mol. The second kappa shape index (κ2) is 7.83. The molecule has 6 nitrogen and oxygen atoms in total. The fourth-order valence-corrected chi connectivity index (χ4v) is 3.99. The van der Waals surface area contributed by atoms with Crippen LogP contribution in [0, 0.1) is 5.92 Å². The summed E-state index contributed by atoms with van der Waals surface area (Å²) in [7, 11) is 0. The molecule has 6 heteroatoms. The lowest BCUT2D eigenvalue weighted by molar-refractivity contribution is -0.144. The number of aromatic nitrogens is 1. The Hall–Kier alpha value is -1.82. The molecule has 2 amide bonds. The monoisotopic (exact) mass is 333 g/mol. The molecule has 1 aromatic rings. The number of aliphatic hydroxyl groups is 1. The van der Waals surface area contributed by atoms with Crippen LogP contribution in [-0.4, -0.2) is 63.6 Å². The molecule has 1 aromatic heterocycles. The Labute approximate surface area is 143 Å². The molecule has 132 valence electrons. The van der Waals surface area contributed by atoms with E-state index in [0.717, 1.165) is 45.3 Å². The topological polar surface area (TPSA) is 65.8 Å². The molecule has 2 saturated heterocycles. The second-order valence-electron chi connectivity index (χ2n) is 6.87. The Kier molecular flexibility index (Phi) is 5.56. The van der Waals surface area contributed by atoms with Crippen LogP contribution < -0.4 is 0 Å². The first-order valence-corrected chi connectivity index (χ1v) is 8.98. The van der Waals surface area contributed by atoms with Crippen LogP contribution in [0.15, 0.2) is 24.5 Å². The summed E-state index contributed by atoms with van der Waals surface area (Å²) in [6.45, 7) is 2.79. The zero-order chi connectivity index (χ0) is 16.9. The molecule has 2 fully saturated rings. The van der Waals surface area contributed by atoms with E-state index < -0.39 is 0 Å². The van der Waals surface area contributed by atoms with Crippen molar-refractivity contribution in [2.24, 2.45) is 5.92 Å². The van der Waals surface area contributed by atoms with Gasteiger partial charge in [0.2, 0.25) is 11.8 Å². The van der Waals surface area contributed by atoms with Gasteiger partial charge in [-0.2, -0.15) is 0 Å². The number of likely N-dealkylation sites (tertiary alicyclic amines) is 2. The average Bonchev–Trinajstić information content (AvgIpc) is 3.09. The molecule has 0 aliphatic carbocycles. The predicted octanol–water partition coefficient (Wildman–Crippen LogP) is 1.10. The Bertz CT molecular complexity index is 558. The van der Waals surface area contributed by atoms with Crippen molar-refractivity contribution in [3.63, 3.8) is 0 Å². The Morgan fingerprint density at radius 2 is 2.00 bits per heavy atom. The van der Waals surface area contributed by atoms with Crippen molar-refractivity contribution in [3.05, 3.63) is 24.5 Å². The molecule has 2 aliphatic heterocycles. The molecule has 3 heterocycles. The number of hydrogen-bond donors (Lipinski definition) is 1. The Balaban J connectivity index is 1.57. The maximum Gasteiger partial charge on any atom is 0.242 e. The number of nitrogens with zero attached hydrogens (tertiary/aromatic N) is 3. The fourth-order valence-electron chi connectivity index (χ4n) is 3.99. The van der Waals surface area contributed by atoms with Crippen molar-refractivity contribution in [2.75, 3.05) is 26.2 Å². The van der Waals surface area contributed by atoms with Crippen LogP contribution in [0.4, 0.5) is 0 Å². The number of aliphatic hydroxyl groups excluding tert-OH is 1. The van der Waals surface area contributed by atoms with E-state index in [1.54, 1.807) is 0 Å². The molecule has 0 bridgehead atoms. The third-order valence-corrected chi connectivity index (χ3v) is 5.29. The zero-order valence-electron chi connectivity index (χ0n) is 14.1. The third kappa shape index (κ3) is 3.80. The van der Waals surface area contributed by atoms with Crippen molar-refractivity contribution in [1.29, 1.82) is 0 Å². The van der Waals surface area contributed by atoms with Crippen LogP contribution in [-0.2, 0) is 16.1 Å². The molecular formula is C18H27N3O3. The van der Waals surface area contributed by atoms with Crippen LogP contribution in [0.2, 0.25) is 0 Å². The van der Waals surface area contributed by atoms with Crippen molar-refractivity contribution >= 4 is 11.8 Å². The van der Waals surface area contributed by atoms with Crippen LogP contribution >= 0.6 is 0 Å². The highest BCUT2D eigenvalue weighted by molar-refractivity contribution is 5.78. The smallest absolute Gasteiger partial charge is 0.242 e. The number of carbonyl (C=O) groups excluding carboxylic acids is 2. The lowest BCUT2D eigenvalue weighted by Gasteiger charge is -2.47. The normalized spacial score (nSPS) is 24.1. The second-order valence-corrected chi connectivity index (χ2v) is 6.87. The fraction of sp³-hybridized carbons (Fsp3) is 0.667. The molecule has 24 heavy (non-hydrogen) atoms. The highest BCUT2D eigenvalue weighted by atomic mass is 16.3. The maximum atomic E-state index is 12.5. The van der Waals surface area contributed by atoms with E-state index in [-0.39, 0.29) is 24.5 Å². The number of carbonyl (C=O) groups is 2. The van der Waals surface area contributed by atoms with Gasteiger partial charge in [-0.05, 0) is 43.7 Å². The lowest BCUT2D eigenvalue weighted by Crippen LogP contribution is -2.57. The summed E-state index contributed by atoms with van der Waals surface area (Å²) in [5, 5.41) is 8.95. The summed E-state index contributed by atoms with van der Waals surface area (Å²) < 4.78 is 1.90. The van der Waals surface area contributed by atoms with E-state index in [2.05, 4.69) is 0 Å². The summed E-state index contributed by atoms with van der Waals surface area (Å²) in [6.07, 6.45) is 7.74. The molecule has 0 spiro atoms. The Morgan fingerprint density at radius 3 is 2.75 bits per heavy atom. The number of hydrogen-bond acceptors (Lipinski definition) is 3. The van der Waals surface area contributed by atoms with Crippen LogP contribution in [0.3, 0.4) is 0 Å². The molecule has 0 unspecified atom stereocenters. The number of fused-ring (bicyclic) bond motifs is 1. The van der Waals surface area contributed by atoms with Gasteiger partial charge in [0.15, 0.2) is 0 Å². The van der Waals surface area contributed by atoms with E-state index in [1.807, 2.05) is 38.9 Å². The highest BCUT2D eigenvalue weighted by Gasteiger charge is 2.39. The van der Waals surface area contributed by atoms with Crippen molar-refractivity contribution in [2.45, 2.75) is 44.7 Å². The van der Waals surface area contributed by atoms with Crippen molar-refractivity contribution in [1.82, 2.24) is 14.4 Å². The Morgan fingerprint density at radius 1 is 1.21 bits per heavy atom. The standard InChI is InChI=1S/C18H27N3O3/c22-12-4-3-10-21-16-7-11-20(13-15(16)5-6-17(21)23)18(24)14-19-8-1-2-9-19/h1-2,8-9,15-16,22H,3-7,10-14H2/t15-,16+/m0/s1. The third-order valence-electron chi connectivity index (χ3n) is 5.29. The molecule has 2 atom stereocenters. The lowest BCUT2D eigenvalue weighted by atomic mass is 9.83. The summed E-state index contributed by atoms with van der Waals surface area (Å²) in [5.41, 5.74) is 0. The zero-order valence-corrected chi connectivity index (χ0v) is 14.1. The number of amides is 2. The van der Waals surface area contributed by atoms with E-state index in [4.69, 9.17) is 5.11 Å². The number of unbranched alkanes of at least 4 members (excludes halogenated alkanes) is 1. The molecule has 3 rings (SSSR count). The van der Waals surface area contributed by atoms with Gasteiger partial charge in [0, 0.05) is 51.1 Å². The van der Waals surface area contributed by atoms with Gasteiger partial charge in [-0.1, -0.05) is 0 Å². The van der Waals surface area contributed by atoms with Crippen molar-refractivity contribution in [3.8, 4) is 0 Å².